The molecule has 0 saturated carbocycles. The van der Waals surface area contributed by atoms with Crippen LogP contribution in [0.4, 0.5) is 0 Å². The number of carbonyl (C=O) groups is 1. The molecule has 0 heterocycles. The summed E-state index contributed by atoms with van der Waals surface area (Å²) in [5.74, 6) is 1.31. The Morgan fingerprint density at radius 2 is 2.16 bits per heavy atom. The summed E-state index contributed by atoms with van der Waals surface area (Å²) in [6, 6.07) is -0.540. The topological polar surface area (TPSA) is 107 Å². The number of aliphatic hydroxyl groups is 1. The molecule has 6 nitrogen and oxygen atoms in total. The maximum atomic E-state index is 11.6. The molecular formula is C11H21NO5S2. The average molecular weight is 311 g/mol. The van der Waals surface area contributed by atoms with Crippen LogP contribution >= 0.6 is 11.8 Å². The normalized spacial score (nSPS) is 14.2. The molecule has 0 rings (SSSR count). The van der Waals surface area contributed by atoms with Crippen molar-refractivity contribution in [2.45, 2.75) is 13.0 Å². The summed E-state index contributed by atoms with van der Waals surface area (Å²) in [5.41, 5.74) is 5.38. The molecule has 0 aliphatic carbocycles. The van der Waals surface area contributed by atoms with E-state index in [1.165, 1.54) is 17.8 Å². The van der Waals surface area contributed by atoms with E-state index in [2.05, 4.69) is 0 Å². The van der Waals surface area contributed by atoms with Gasteiger partial charge in [-0.15, -0.1) is 0 Å². The fourth-order valence-electron chi connectivity index (χ4n) is 1.06. The van der Waals surface area contributed by atoms with Crippen LogP contribution in [0.1, 0.15) is 6.92 Å². The molecule has 0 aliphatic rings. The first-order chi connectivity index (χ1) is 8.91. The fourth-order valence-corrected chi connectivity index (χ4v) is 3.61. The summed E-state index contributed by atoms with van der Waals surface area (Å²) in [4.78, 5) is 10.3. The highest BCUT2D eigenvalue weighted by Gasteiger charge is 2.11. The lowest BCUT2D eigenvalue weighted by Gasteiger charge is -2.07. The van der Waals surface area contributed by atoms with Gasteiger partial charge in [0.15, 0.2) is 9.84 Å². The molecule has 0 aromatic heterocycles. The number of sulfone groups is 1. The lowest BCUT2D eigenvalue weighted by atomic mass is 10.4. The second-order valence-corrected chi connectivity index (χ2v) is 7.33. The largest absolute Gasteiger partial charge is 0.497 e. The lowest BCUT2D eigenvalue weighted by Crippen LogP contribution is -2.25. The van der Waals surface area contributed by atoms with Crippen molar-refractivity contribution in [1.82, 2.24) is 0 Å². The number of aldehydes is 1. The van der Waals surface area contributed by atoms with Crippen LogP contribution in [0.2, 0.25) is 0 Å². The summed E-state index contributed by atoms with van der Waals surface area (Å²) in [7, 11) is -3.16. The van der Waals surface area contributed by atoms with Crippen LogP contribution in [-0.4, -0.2) is 62.1 Å². The van der Waals surface area contributed by atoms with Gasteiger partial charge in [-0.2, -0.15) is 11.8 Å². The quantitative estimate of drug-likeness (QED) is 0.303. The molecule has 3 N–H and O–H groups in total. The number of aliphatic hydroxyl groups excluding tert-OH is 1. The lowest BCUT2D eigenvalue weighted by molar-refractivity contribution is -0.108. The highest BCUT2D eigenvalue weighted by Crippen LogP contribution is 2.04. The van der Waals surface area contributed by atoms with Crippen LogP contribution in [-0.2, 0) is 19.4 Å². The standard InChI is InChI=1S/C11H21NO5S2/c1-10(2-3-13)17-4-6-19(15,16)7-5-18-9-11(12)8-14/h2,8,11,13H,3-7,9,12H2,1H3/b10-2+. The Labute approximate surface area is 118 Å². The number of nitrogens with two attached hydrogens (primary N) is 1. The van der Waals surface area contributed by atoms with Crippen molar-refractivity contribution >= 4 is 27.9 Å². The van der Waals surface area contributed by atoms with Gasteiger partial charge < -0.3 is 20.4 Å². The number of ether oxygens (including phenoxy) is 1. The summed E-state index contributed by atoms with van der Waals surface area (Å²) in [5, 5.41) is 8.59. The average Bonchev–Trinajstić information content (AvgIpc) is 2.34. The predicted molar refractivity (Wildman–Crippen MR) is 76.8 cm³/mol. The molecule has 19 heavy (non-hydrogen) atoms. The Hall–Kier alpha value is -0.570. The van der Waals surface area contributed by atoms with E-state index in [0.29, 0.717) is 23.6 Å². The first kappa shape index (κ1) is 18.4. The van der Waals surface area contributed by atoms with Crippen LogP contribution < -0.4 is 5.73 Å². The van der Waals surface area contributed by atoms with Gasteiger partial charge in [-0.3, -0.25) is 0 Å². The zero-order chi connectivity index (χ0) is 14.7. The number of carbonyl (C=O) groups excluding carboxylic acids is 1. The molecule has 0 amide bonds. The third-order valence-corrected chi connectivity index (χ3v) is 5.11. The Morgan fingerprint density at radius 1 is 1.47 bits per heavy atom. The summed E-state index contributed by atoms with van der Waals surface area (Å²) >= 11 is 1.34. The minimum atomic E-state index is -3.16. The molecule has 1 unspecified atom stereocenters. The van der Waals surface area contributed by atoms with Crippen molar-refractivity contribution in [3.05, 3.63) is 11.8 Å². The van der Waals surface area contributed by atoms with E-state index < -0.39 is 15.9 Å². The van der Waals surface area contributed by atoms with E-state index in [4.69, 9.17) is 15.6 Å². The van der Waals surface area contributed by atoms with E-state index in [1.807, 2.05) is 0 Å². The van der Waals surface area contributed by atoms with E-state index in [9.17, 15) is 13.2 Å². The molecule has 0 aliphatic heterocycles. The molecule has 0 fully saturated rings. The second-order valence-electron chi connectivity index (χ2n) is 3.87. The number of rotatable bonds is 11. The highest BCUT2D eigenvalue weighted by molar-refractivity contribution is 8.00. The van der Waals surface area contributed by atoms with Crippen LogP contribution in [0.15, 0.2) is 11.8 Å². The third kappa shape index (κ3) is 11.0. The maximum Gasteiger partial charge on any atom is 0.154 e. The van der Waals surface area contributed by atoms with E-state index in [1.54, 1.807) is 6.92 Å². The zero-order valence-electron chi connectivity index (χ0n) is 10.9. The molecule has 0 bridgehead atoms. The minimum absolute atomic E-state index is 0.0371. The van der Waals surface area contributed by atoms with Gasteiger partial charge in [-0.25, -0.2) is 8.42 Å². The van der Waals surface area contributed by atoms with Crippen LogP contribution in [0.5, 0.6) is 0 Å². The SMILES string of the molecule is C/C(=C\CO)OCCS(=O)(=O)CCSCC(N)C=O. The summed E-state index contributed by atoms with van der Waals surface area (Å²) < 4.78 is 28.4. The molecular weight excluding hydrogens is 290 g/mol. The Bertz CT molecular complexity index is 381. The molecule has 0 aromatic carbocycles. The van der Waals surface area contributed by atoms with Crippen LogP contribution in [0, 0.1) is 0 Å². The Balaban J connectivity index is 3.81. The van der Waals surface area contributed by atoms with E-state index in [-0.39, 0.29) is 24.7 Å². The number of allylic oxidation sites excluding steroid dienone is 1. The first-order valence-electron chi connectivity index (χ1n) is 5.80. The molecule has 112 valence electrons. The third-order valence-electron chi connectivity index (χ3n) is 2.13. The van der Waals surface area contributed by atoms with Gasteiger partial charge in [0.2, 0.25) is 0 Å². The van der Waals surface area contributed by atoms with Gasteiger partial charge in [0.25, 0.3) is 0 Å². The summed E-state index contributed by atoms with van der Waals surface area (Å²) in [6.07, 6.45) is 2.11. The highest BCUT2D eigenvalue weighted by atomic mass is 32.2. The molecule has 0 radical (unpaired) electrons. The predicted octanol–water partition coefficient (Wildman–Crippen LogP) is -0.427. The number of hydrogen-bond donors (Lipinski definition) is 2. The van der Waals surface area contributed by atoms with Crippen molar-refractivity contribution in [3.63, 3.8) is 0 Å². The van der Waals surface area contributed by atoms with Crippen molar-refractivity contribution in [2.24, 2.45) is 5.73 Å². The van der Waals surface area contributed by atoms with Gasteiger partial charge in [-0.1, -0.05) is 0 Å². The van der Waals surface area contributed by atoms with E-state index >= 15 is 0 Å². The van der Waals surface area contributed by atoms with Crippen LogP contribution in [0.3, 0.4) is 0 Å². The smallest absolute Gasteiger partial charge is 0.154 e. The van der Waals surface area contributed by atoms with Gasteiger partial charge in [0.05, 0.1) is 29.9 Å². The number of hydrogen-bond acceptors (Lipinski definition) is 7. The summed E-state index contributed by atoms with van der Waals surface area (Å²) in [6.45, 7) is 1.59. The van der Waals surface area contributed by atoms with Crippen molar-refractivity contribution in [3.8, 4) is 0 Å². The van der Waals surface area contributed by atoms with Gasteiger partial charge in [-0.05, 0) is 13.0 Å². The molecule has 1 atom stereocenters. The maximum absolute atomic E-state index is 11.6. The Kier molecular flexibility index (Phi) is 9.94. The van der Waals surface area contributed by atoms with Crippen molar-refractivity contribution in [1.29, 1.82) is 0 Å². The molecule has 0 spiro atoms. The van der Waals surface area contributed by atoms with Gasteiger partial charge in [0.1, 0.15) is 12.9 Å². The first-order valence-corrected chi connectivity index (χ1v) is 8.78. The van der Waals surface area contributed by atoms with E-state index in [0.717, 1.165) is 0 Å². The second kappa shape index (κ2) is 10.2. The molecule has 8 heteroatoms. The fraction of sp³-hybridized carbons (Fsp3) is 0.727. The number of thioether (sulfide) groups is 1. The van der Waals surface area contributed by atoms with Crippen molar-refractivity contribution in [2.75, 3.05) is 36.2 Å². The molecule has 0 saturated heterocycles. The Morgan fingerprint density at radius 3 is 2.74 bits per heavy atom. The van der Waals surface area contributed by atoms with Crippen LogP contribution in [0.25, 0.3) is 0 Å². The van der Waals surface area contributed by atoms with Crippen molar-refractivity contribution < 1.29 is 23.1 Å². The van der Waals surface area contributed by atoms with Gasteiger partial charge >= 0.3 is 0 Å². The minimum Gasteiger partial charge on any atom is -0.497 e. The zero-order valence-corrected chi connectivity index (χ0v) is 12.6. The van der Waals surface area contributed by atoms with Gasteiger partial charge in [0, 0.05) is 11.5 Å². The monoisotopic (exact) mass is 311 g/mol. The molecule has 0 aromatic rings.